The zero-order chi connectivity index (χ0) is 12.8. The first-order valence-corrected chi connectivity index (χ1v) is 5.92. The van der Waals surface area contributed by atoms with Gasteiger partial charge in [0.25, 0.3) is 0 Å². The Bertz CT molecular complexity index is 487. The molecule has 0 bridgehead atoms. The van der Waals surface area contributed by atoms with Crippen molar-refractivity contribution < 1.29 is 9.13 Å². The summed E-state index contributed by atoms with van der Waals surface area (Å²) in [6.45, 7) is 0.373. The van der Waals surface area contributed by atoms with E-state index in [4.69, 9.17) is 10.5 Å². The van der Waals surface area contributed by atoms with Gasteiger partial charge in [0.1, 0.15) is 18.2 Å². The molecule has 0 fully saturated rings. The maximum absolute atomic E-state index is 12.9. The molecule has 0 aliphatic rings. The van der Waals surface area contributed by atoms with Crippen LogP contribution >= 0.6 is 0 Å². The highest BCUT2D eigenvalue weighted by molar-refractivity contribution is 5.22. The number of nitrogens with two attached hydrogens (primary N) is 1. The molecule has 1 atom stereocenters. The summed E-state index contributed by atoms with van der Waals surface area (Å²) in [6.07, 6.45) is 0.746. The summed E-state index contributed by atoms with van der Waals surface area (Å²) in [6, 6.07) is 16.0. The lowest BCUT2D eigenvalue weighted by molar-refractivity contribution is 0.286. The number of halogens is 1. The first-order chi connectivity index (χ1) is 8.74. The molecular formula is C15H16FNO. The predicted octanol–water partition coefficient (Wildman–Crippen LogP) is 2.77. The highest BCUT2D eigenvalue weighted by Gasteiger charge is 2.05. The molecule has 2 aromatic rings. The van der Waals surface area contributed by atoms with E-state index in [0.29, 0.717) is 12.4 Å². The van der Waals surface area contributed by atoms with Gasteiger partial charge in [-0.3, -0.25) is 0 Å². The van der Waals surface area contributed by atoms with Crippen LogP contribution in [0.5, 0.6) is 5.75 Å². The molecule has 2 N–H and O–H groups in total. The van der Waals surface area contributed by atoms with E-state index in [0.717, 1.165) is 6.42 Å². The highest BCUT2D eigenvalue weighted by atomic mass is 19.1. The zero-order valence-corrected chi connectivity index (χ0v) is 10.1. The molecule has 2 nitrogen and oxygen atoms in total. The van der Waals surface area contributed by atoms with E-state index in [-0.39, 0.29) is 11.9 Å². The van der Waals surface area contributed by atoms with Crippen molar-refractivity contribution in [1.82, 2.24) is 0 Å². The van der Waals surface area contributed by atoms with Gasteiger partial charge in [0.05, 0.1) is 0 Å². The van der Waals surface area contributed by atoms with E-state index >= 15 is 0 Å². The molecule has 18 heavy (non-hydrogen) atoms. The van der Waals surface area contributed by atoms with Gasteiger partial charge in [0, 0.05) is 12.1 Å². The van der Waals surface area contributed by atoms with Gasteiger partial charge in [-0.15, -0.1) is 0 Å². The van der Waals surface area contributed by atoms with Crippen LogP contribution in [0.2, 0.25) is 0 Å². The van der Waals surface area contributed by atoms with E-state index in [2.05, 4.69) is 0 Å². The standard InChI is InChI=1S/C15H16FNO/c16-13-7-4-8-15(10-13)18-11-14(17)9-12-5-2-1-3-6-12/h1-8,10,14H,9,11,17H2. The van der Waals surface area contributed by atoms with Gasteiger partial charge in [-0.05, 0) is 24.1 Å². The summed E-state index contributed by atoms with van der Waals surface area (Å²) >= 11 is 0. The number of hydrogen-bond donors (Lipinski definition) is 1. The fourth-order valence-electron chi connectivity index (χ4n) is 1.74. The smallest absolute Gasteiger partial charge is 0.126 e. The molecule has 0 saturated carbocycles. The minimum Gasteiger partial charge on any atom is -0.492 e. The van der Waals surface area contributed by atoms with Crippen molar-refractivity contribution in [2.24, 2.45) is 5.73 Å². The van der Waals surface area contributed by atoms with Crippen molar-refractivity contribution in [1.29, 1.82) is 0 Å². The molecule has 0 amide bonds. The quantitative estimate of drug-likeness (QED) is 0.879. The SMILES string of the molecule is NC(COc1cccc(F)c1)Cc1ccccc1. The van der Waals surface area contributed by atoms with E-state index in [9.17, 15) is 4.39 Å². The zero-order valence-electron chi connectivity index (χ0n) is 10.1. The fraction of sp³-hybridized carbons (Fsp3) is 0.200. The second-order valence-electron chi connectivity index (χ2n) is 4.22. The van der Waals surface area contributed by atoms with Crippen molar-refractivity contribution in [2.75, 3.05) is 6.61 Å². The van der Waals surface area contributed by atoms with Crippen LogP contribution in [0, 0.1) is 5.82 Å². The molecule has 0 aliphatic carbocycles. The normalized spacial score (nSPS) is 12.1. The molecule has 2 aromatic carbocycles. The summed E-state index contributed by atoms with van der Waals surface area (Å²) in [5.41, 5.74) is 7.15. The molecule has 94 valence electrons. The molecule has 0 aromatic heterocycles. The fourth-order valence-corrected chi connectivity index (χ4v) is 1.74. The van der Waals surface area contributed by atoms with Crippen LogP contribution in [0.25, 0.3) is 0 Å². The van der Waals surface area contributed by atoms with Crippen LogP contribution in [-0.2, 0) is 6.42 Å². The Balaban J connectivity index is 1.83. The van der Waals surface area contributed by atoms with Gasteiger partial charge < -0.3 is 10.5 Å². The Morgan fingerprint density at radius 1 is 1.06 bits per heavy atom. The highest BCUT2D eigenvalue weighted by Crippen LogP contribution is 2.12. The predicted molar refractivity (Wildman–Crippen MR) is 70.0 cm³/mol. The summed E-state index contributed by atoms with van der Waals surface area (Å²) < 4.78 is 18.4. The molecule has 0 aliphatic heterocycles. The molecule has 0 heterocycles. The molecule has 0 radical (unpaired) electrons. The topological polar surface area (TPSA) is 35.2 Å². The molecule has 2 rings (SSSR count). The van der Waals surface area contributed by atoms with E-state index < -0.39 is 0 Å². The average Bonchev–Trinajstić information content (AvgIpc) is 2.38. The molecule has 0 spiro atoms. The Hall–Kier alpha value is -1.87. The minimum atomic E-state index is -0.302. The van der Waals surface area contributed by atoms with Gasteiger partial charge in [-0.25, -0.2) is 4.39 Å². The Kier molecular flexibility index (Phi) is 4.31. The molecule has 0 saturated heterocycles. The lowest BCUT2D eigenvalue weighted by Crippen LogP contribution is -2.30. The minimum absolute atomic E-state index is 0.101. The average molecular weight is 245 g/mol. The van der Waals surface area contributed by atoms with Gasteiger partial charge in [-0.1, -0.05) is 36.4 Å². The van der Waals surface area contributed by atoms with Crippen LogP contribution in [0.1, 0.15) is 5.56 Å². The van der Waals surface area contributed by atoms with Crippen molar-refractivity contribution in [3.05, 3.63) is 66.0 Å². The third-order valence-electron chi connectivity index (χ3n) is 2.60. The summed E-state index contributed by atoms with van der Waals surface area (Å²) in [4.78, 5) is 0. The first-order valence-electron chi connectivity index (χ1n) is 5.92. The number of ether oxygens (including phenoxy) is 1. The second kappa shape index (κ2) is 6.17. The van der Waals surface area contributed by atoms with Crippen molar-refractivity contribution in [2.45, 2.75) is 12.5 Å². The Morgan fingerprint density at radius 2 is 1.83 bits per heavy atom. The maximum Gasteiger partial charge on any atom is 0.126 e. The first kappa shape index (κ1) is 12.6. The number of rotatable bonds is 5. The van der Waals surface area contributed by atoms with E-state index in [1.807, 2.05) is 30.3 Å². The molecule has 3 heteroatoms. The van der Waals surface area contributed by atoms with Crippen molar-refractivity contribution in [3.63, 3.8) is 0 Å². The number of hydrogen-bond acceptors (Lipinski definition) is 2. The van der Waals surface area contributed by atoms with Gasteiger partial charge in [0.2, 0.25) is 0 Å². The Labute approximate surface area is 106 Å². The van der Waals surface area contributed by atoms with Gasteiger partial charge in [-0.2, -0.15) is 0 Å². The van der Waals surface area contributed by atoms with Gasteiger partial charge >= 0.3 is 0 Å². The lowest BCUT2D eigenvalue weighted by Gasteiger charge is -2.13. The summed E-state index contributed by atoms with van der Waals surface area (Å²) in [5.74, 6) is 0.211. The van der Waals surface area contributed by atoms with Crippen LogP contribution < -0.4 is 10.5 Å². The van der Waals surface area contributed by atoms with Crippen LogP contribution in [0.15, 0.2) is 54.6 Å². The van der Waals surface area contributed by atoms with Crippen LogP contribution in [0.3, 0.4) is 0 Å². The maximum atomic E-state index is 12.9. The van der Waals surface area contributed by atoms with Crippen LogP contribution in [-0.4, -0.2) is 12.6 Å². The monoisotopic (exact) mass is 245 g/mol. The Morgan fingerprint density at radius 3 is 2.56 bits per heavy atom. The lowest BCUT2D eigenvalue weighted by atomic mass is 10.1. The summed E-state index contributed by atoms with van der Waals surface area (Å²) in [5, 5.41) is 0. The third-order valence-corrected chi connectivity index (χ3v) is 2.60. The molecular weight excluding hydrogens is 229 g/mol. The molecule has 1 unspecified atom stereocenters. The second-order valence-corrected chi connectivity index (χ2v) is 4.22. The van der Waals surface area contributed by atoms with E-state index in [1.54, 1.807) is 12.1 Å². The van der Waals surface area contributed by atoms with Crippen LogP contribution in [0.4, 0.5) is 4.39 Å². The van der Waals surface area contributed by atoms with Crippen molar-refractivity contribution in [3.8, 4) is 5.75 Å². The number of benzene rings is 2. The van der Waals surface area contributed by atoms with Crippen molar-refractivity contribution >= 4 is 0 Å². The third kappa shape index (κ3) is 3.86. The van der Waals surface area contributed by atoms with Gasteiger partial charge in [0.15, 0.2) is 0 Å². The van der Waals surface area contributed by atoms with E-state index in [1.165, 1.54) is 17.7 Å². The largest absolute Gasteiger partial charge is 0.492 e. The summed E-state index contributed by atoms with van der Waals surface area (Å²) in [7, 11) is 0.